The summed E-state index contributed by atoms with van der Waals surface area (Å²) in [5.41, 5.74) is 13.5. The van der Waals surface area contributed by atoms with Crippen LogP contribution in [-0.4, -0.2) is 108 Å². The van der Waals surface area contributed by atoms with Crippen molar-refractivity contribution >= 4 is 46.5 Å². The highest BCUT2D eigenvalue weighted by molar-refractivity contribution is 7.13. The fourth-order valence-electron chi connectivity index (χ4n) is 10.3. The van der Waals surface area contributed by atoms with E-state index in [0.717, 1.165) is 71.7 Å². The summed E-state index contributed by atoms with van der Waals surface area (Å²) in [6, 6.07) is 15.6. The number of hydrogen-bond donors (Lipinski definition) is 5. The quantitative estimate of drug-likeness (QED) is 0.109. The number of nitrogens with two attached hydrogens (primary N) is 1. The summed E-state index contributed by atoms with van der Waals surface area (Å²) in [5, 5.41) is 35.7. The van der Waals surface area contributed by atoms with Gasteiger partial charge in [-0.1, -0.05) is 57.2 Å². The number of para-hydroxylation sites is 1. The van der Waals surface area contributed by atoms with Crippen LogP contribution in [0.15, 0.2) is 72.5 Å². The molecule has 3 aliphatic heterocycles. The van der Waals surface area contributed by atoms with Crippen molar-refractivity contribution in [2.24, 2.45) is 11.3 Å². The molecule has 2 unspecified atom stereocenters. The minimum absolute atomic E-state index is 0.0207. The van der Waals surface area contributed by atoms with Gasteiger partial charge in [0.25, 0.3) is 0 Å². The molecule has 346 valence electrons. The zero-order valence-electron chi connectivity index (χ0n) is 37.9. The van der Waals surface area contributed by atoms with Crippen molar-refractivity contribution < 1.29 is 24.6 Å². The number of carbonyl (C=O) groups excluding carboxylic acids is 3. The number of hydrogen-bond acceptors (Lipinski definition) is 14. The molecule has 6 heterocycles. The molecule has 66 heavy (non-hydrogen) atoms. The Morgan fingerprint density at radius 3 is 2.24 bits per heavy atom. The smallest absolute Gasteiger partial charge is 0.246 e. The lowest BCUT2D eigenvalue weighted by atomic mass is 9.78. The summed E-state index contributed by atoms with van der Waals surface area (Å²) < 4.78 is 0. The Kier molecular flexibility index (Phi) is 12.7. The second-order valence-corrected chi connectivity index (χ2v) is 20.3. The number of amides is 3. The van der Waals surface area contributed by atoms with Crippen LogP contribution >= 0.6 is 11.3 Å². The van der Waals surface area contributed by atoms with Gasteiger partial charge in [0, 0.05) is 68.6 Å². The number of nitrogen functional groups attached to an aromatic ring is 1. The topological polar surface area (TPSA) is 216 Å². The summed E-state index contributed by atoms with van der Waals surface area (Å²) in [5.74, 6) is 0.284. The molecule has 2 aromatic carbocycles. The van der Waals surface area contributed by atoms with E-state index in [2.05, 4.69) is 35.6 Å². The van der Waals surface area contributed by atoms with E-state index in [1.807, 2.05) is 88.1 Å². The predicted octanol–water partition coefficient (Wildman–Crippen LogP) is 5.59. The first-order valence-corrected chi connectivity index (χ1v) is 23.9. The number of rotatable bonds is 11. The number of likely N-dealkylation sites (tertiary alicyclic amines) is 1. The van der Waals surface area contributed by atoms with Gasteiger partial charge >= 0.3 is 0 Å². The molecular weight excluding hydrogens is 855 g/mol. The van der Waals surface area contributed by atoms with Gasteiger partial charge in [-0.3, -0.25) is 14.4 Å². The van der Waals surface area contributed by atoms with E-state index in [4.69, 9.17) is 15.7 Å². The fourth-order valence-corrected chi connectivity index (χ4v) is 11.1. The average Bonchev–Trinajstić information content (AvgIpc) is 4.01. The molecule has 4 aliphatic rings. The molecule has 1 saturated carbocycles. The maximum Gasteiger partial charge on any atom is 0.246 e. The zero-order valence-corrected chi connectivity index (χ0v) is 38.7. The Bertz CT molecular complexity index is 2540. The van der Waals surface area contributed by atoms with Gasteiger partial charge in [-0.05, 0) is 91.7 Å². The SMILES string of the molecule is Cc1ncsc1-c1ccc(CNC(=O)[C@@H]2C[C@@H](O)CN2C(=O)[C@@H](NC(=O)[C@H]2CC[C@@H](c3cnc(N4C5CCC4CN(c4cc(-c6ccccc6O)nnc4N)C5)nc3)CC2)C(C)(C)C)cc1. The zero-order chi connectivity index (χ0) is 46.3. The number of thiazole rings is 1. The third-order valence-electron chi connectivity index (χ3n) is 14.0. The molecule has 17 heteroatoms. The lowest BCUT2D eigenvalue weighted by molar-refractivity contribution is -0.144. The number of aromatic hydroxyl groups is 1. The molecule has 9 rings (SSSR count). The van der Waals surface area contributed by atoms with Crippen LogP contribution in [0.3, 0.4) is 0 Å². The largest absolute Gasteiger partial charge is 0.507 e. The molecule has 2 bridgehead atoms. The van der Waals surface area contributed by atoms with Crippen LogP contribution in [0.1, 0.15) is 88.5 Å². The maximum atomic E-state index is 14.3. The number of anilines is 3. The molecule has 5 atom stereocenters. The van der Waals surface area contributed by atoms with Crippen LogP contribution in [0.25, 0.3) is 21.7 Å². The minimum Gasteiger partial charge on any atom is -0.507 e. The number of aryl methyl sites for hydroxylation is 1. The van der Waals surface area contributed by atoms with E-state index in [-0.39, 0.29) is 66.9 Å². The standard InChI is InChI=1S/C49H59N11O5S/c1-28-42(66-27-54-28)31-11-9-29(10-12-31)21-51-46(64)40-19-36(61)26-59(40)47(65)43(49(2,3)4)55-45(63)32-15-13-30(14-16-32)33-22-52-48(53-23-33)60-34-17-18-35(60)25-58(24-34)39-20-38(56-57-44(39)50)37-7-5-6-8-41(37)62/h5-12,20,22-23,27,30,32,34-36,40,43,61-62H,13-19,21,24-26H2,1-4H3,(H2,50,57)(H,51,64)(H,55,63)/t30-,32+,34?,35?,36-,40+,43-/m1/s1. The van der Waals surface area contributed by atoms with Crippen molar-refractivity contribution in [1.29, 1.82) is 0 Å². The third-order valence-corrected chi connectivity index (χ3v) is 14.9. The van der Waals surface area contributed by atoms with Crippen LogP contribution < -0.4 is 26.2 Å². The molecule has 3 saturated heterocycles. The van der Waals surface area contributed by atoms with Gasteiger partial charge in [0.15, 0.2) is 5.82 Å². The van der Waals surface area contributed by atoms with Crippen LogP contribution in [0.5, 0.6) is 5.75 Å². The van der Waals surface area contributed by atoms with Gasteiger partial charge in [-0.2, -0.15) is 0 Å². The monoisotopic (exact) mass is 913 g/mol. The van der Waals surface area contributed by atoms with Crippen molar-refractivity contribution in [1.82, 2.24) is 40.7 Å². The summed E-state index contributed by atoms with van der Waals surface area (Å²) in [6.45, 7) is 9.45. The van der Waals surface area contributed by atoms with Crippen molar-refractivity contribution in [3.8, 4) is 27.4 Å². The van der Waals surface area contributed by atoms with Gasteiger partial charge in [0.1, 0.15) is 17.8 Å². The highest BCUT2D eigenvalue weighted by Gasteiger charge is 2.46. The Morgan fingerprint density at radius 1 is 0.894 bits per heavy atom. The number of piperazine rings is 1. The number of aliphatic hydroxyl groups excluding tert-OH is 1. The first kappa shape index (κ1) is 45.0. The number of nitrogens with one attached hydrogen (secondary N) is 2. The fraction of sp³-hybridized carbons (Fsp3) is 0.469. The molecular formula is C49H59N11O5S. The van der Waals surface area contributed by atoms with Crippen molar-refractivity contribution in [3.63, 3.8) is 0 Å². The highest BCUT2D eigenvalue weighted by atomic mass is 32.1. The van der Waals surface area contributed by atoms with Crippen molar-refractivity contribution in [2.75, 3.05) is 35.2 Å². The number of fused-ring (bicyclic) bond motifs is 2. The number of β-amino-alcohol motifs (C(OH)–C–C–N with tert-alkyl or cyclic N) is 1. The number of carbonyl (C=O) groups is 3. The van der Waals surface area contributed by atoms with Crippen molar-refractivity contribution in [3.05, 3.63) is 89.3 Å². The van der Waals surface area contributed by atoms with Gasteiger partial charge in [0.05, 0.1) is 33.6 Å². The Labute approximate surface area is 389 Å². The van der Waals surface area contributed by atoms with E-state index in [1.165, 1.54) is 4.90 Å². The predicted molar refractivity (Wildman–Crippen MR) is 253 cm³/mol. The first-order valence-electron chi connectivity index (χ1n) is 23.0. The second kappa shape index (κ2) is 18.6. The minimum atomic E-state index is -0.885. The van der Waals surface area contributed by atoms with E-state index in [1.54, 1.807) is 23.5 Å². The molecule has 16 nitrogen and oxygen atoms in total. The normalized spacial score (nSPS) is 23.4. The average molecular weight is 914 g/mol. The Balaban J connectivity index is 0.781. The summed E-state index contributed by atoms with van der Waals surface area (Å²) in [6.07, 6.45) is 8.06. The van der Waals surface area contributed by atoms with Gasteiger partial charge in [-0.15, -0.1) is 21.5 Å². The molecule has 5 aromatic rings. The number of benzene rings is 2. The third kappa shape index (κ3) is 9.27. The molecule has 0 radical (unpaired) electrons. The molecule has 6 N–H and O–H groups in total. The number of nitrogens with zero attached hydrogens (tertiary/aromatic N) is 8. The first-order chi connectivity index (χ1) is 31.7. The Hall–Kier alpha value is -6.20. The molecule has 3 aromatic heterocycles. The second-order valence-electron chi connectivity index (χ2n) is 19.5. The number of aromatic nitrogens is 5. The number of aliphatic hydroxyl groups is 1. The molecule has 1 aliphatic carbocycles. The maximum absolute atomic E-state index is 14.3. The van der Waals surface area contributed by atoms with Gasteiger partial charge in [0.2, 0.25) is 23.7 Å². The molecule has 0 spiro atoms. The van der Waals surface area contributed by atoms with Crippen LogP contribution in [0, 0.1) is 18.3 Å². The lowest BCUT2D eigenvalue weighted by Crippen LogP contribution is -2.58. The van der Waals surface area contributed by atoms with Crippen LogP contribution in [-0.2, 0) is 20.9 Å². The number of phenols is 1. The molecule has 4 fully saturated rings. The van der Waals surface area contributed by atoms with Crippen LogP contribution in [0.2, 0.25) is 0 Å². The molecule has 3 amide bonds. The van der Waals surface area contributed by atoms with E-state index < -0.39 is 23.6 Å². The highest BCUT2D eigenvalue weighted by Crippen LogP contribution is 2.40. The van der Waals surface area contributed by atoms with Crippen molar-refractivity contribution in [2.45, 2.75) is 115 Å². The van der Waals surface area contributed by atoms with E-state index in [9.17, 15) is 24.6 Å². The van der Waals surface area contributed by atoms with Crippen LogP contribution in [0.4, 0.5) is 17.5 Å². The summed E-state index contributed by atoms with van der Waals surface area (Å²) in [4.78, 5) is 63.1. The van der Waals surface area contributed by atoms with E-state index >= 15 is 0 Å². The summed E-state index contributed by atoms with van der Waals surface area (Å²) in [7, 11) is 0. The van der Waals surface area contributed by atoms with Gasteiger partial charge in [-0.25, -0.2) is 15.0 Å². The Morgan fingerprint density at radius 2 is 1.59 bits per heavy atom. The van der Waals surface area contributed by atoms with E-state index in [0.29, 0.717) is 35.9 Å². The number of phenolic OH excluding ortho intramolecular Hbond substituents is 1. The lowest BCUT2D eigenvalue weighted by Gasteiger charge is -2.42. The summed E-state index contributed by atoms with van der Waals surface area (Å²) >= 11 is 1.58. The van der Waals surface area contributed by atoms with Gasteiger partial charge < -0.3 is 41.3 Å².